The van der Waals surface area contributed by atoms with Crippen molar-refractivity contribution in [2.45, 2.75) is 40.0 Å². The van der Waals surface area contributed by atoms with E-state index in [0.29, 0.717) is 0 Å². The fourth-order valence-electron chi connectivity index (χ4n) is 0.892. The molecule has 74 valence electrons. The molecule has 0 rings (SSSR count). The smallest absolute Gasteiger partial charge is 0.235 e. The second-order valence-electron chi connectivity index (χ2n) is 2.58. The molecular formula is C9H15NO3. The highest BCUT2D eigenvalue weighted by Gasteiger charge is 2.23. The molecule has 0 saturated carbocycles. The second kappa shape index (κ2) is 5.45. The van der Waals surface area contributed by atoms with Crippen molar-refractivity contribution in [1.29, 1.82) is 0 Å². The Bertz CT molecular complexity index is 185. The monoisotopic (exact) mass is 185 g/mol. The Hall–Kier alpha value is -1.19. The van der Waals surface area contributed by atoms with Crippen LogP contribution in [0.3, 0.4) is 0 Å². The van der Waals surface area contributed by atoms with E-state index in [0.717, 1.165) is 4.90 Å². The van der Waals surface area contributed by atoms with E-state index in [1.165, 1.54) is 0 Å². The van der Waals surface area contributed by atoms with Crippen LogP contribution in [0.1, 0.15) is 40.0 Å². The third-order valence-corrected chi connectivity index (χ3v) is 1.66. The zero-order valence-corrected chi connectivity index (χ0v) is 8.29. The van der Waals surface area contributed by atoms with E-state index in [2.05, 4.69) is 0 Å². The molecular weight excluding hydrogens is 170 g/mol. The summed E-state index contributed by atoms with van der Waals surface area (Å²) in [5.74, 6) is -1.25. The first kappa shape index (κ1) is 11.8. The highest BCUT2D eigenvalue weighted by molar-refractivity contribution is 6.10. The predicted octanol–water partition coefficient (Wildman–Crippen LogP) is 1.10. The number of nitrogens with zero attached hydrogens (tertiary/aromatic N) is 1. The van der Waals surface area contributed by atoms with Gasteiger partial charge in [-0.05, 0) is 0 Å². The molecule has 0 N–H and O–H groups in total. The molecule has 0 bridgehead atoms. The molecule has 3 amide bonds. The Balaban J connectivity index is 4.64. The van der Waals surface area contributed by atoms with Gasteiger partial charge in [0.2, 0.25) is 17.7 Å². The molecule has 4 nitrogen and oxygen atoms in total. The van der Waals surface area contributed by atoms with Crippen molar-refractivity contribution >= 4 is 17.7 Å². The van der Waals surface area contributed by atoms with Gasteiger partial charge in [0.05, 0.1) is 0 Å². The van der Waals surface area contributed by atoms with Gasteiger partial charge in [-0.3, -0.25) is 14.4 Å². The minimum Gasteiger partial charge on any atom is -0.274 e. The van der Waals surface area contributed by atoms with Crippen LogP contribution in [0.2, 0.25) is 0 Å². The van der Waals surface area contributed by atoms with Crippen LogP contribution in [0.15, 0.2) is 0 Å². The summed E-state index contributed by atoms with van der Waals surface area (Å²) in [6.07, 6.45) is 0.534. The highest BCUT2D eigenvalue weighted by Crippen LogP contribution is 2.01. The summed E-state index contributed by atoms with van der Waals surface area (Å²) < 4.78 is 0. The Morgan fingerprint density at radius 1 is 0.769 bits per heavy atom. The number of carbonyl (C=O) groups excluding carboxylic acids is 3. The standard InChI is InChI=1S/C9H15NO3/c1-4-7(11)10(8(12)5-2)9(13)6-3/h4-6H2,1-3H3. The summed E-state index contributed by atoms with van der Waals surface area (Å²) in [4.78, 5) is 34.3. The molecule has 0 radical (unpaired) electrons. The van der Waals surface area contributed by atoms with Crippen LogP contribution in [-0.4, -0.2) is 22.6 Å². The van der Waals surface area contributed by atoms with Crippen LogP contribution in [0.4, 0.5) is 0 Å². The van der Waals surface area contributed by atoms with Crippen LogP contribution >= 0.6 is 0 Å². The summed E-state index contributed by atoms with van der Waals surface area (Å²) >= 11 is 0. The van der Waals surface area contributed by atoms with Crippen molar-refractivity contribution in [2.24, 2.45) is 0 Å². The first-order valence-corrected chi connectivity index (χ1v) is 4.47. The lowest BCUT2D eigenvalue weighted by atomic mass is 10.3. The van der Waals surface area contributed by atoms with E-state index in [9.17, 15) is 14.4 Å². The minimum absolute atomic E-state index is 0.178. The fraction of sp³-hybridized carbons (Fsp3) is 0.667. The number of hydrogen-bond acceptors (Lipinski definition) is 3. The number of imide groups is 3. The van der Waals surface area contributed by atoms with Crippen molar-refractivity contribution < 1.29 is 14.4 Å². The van der Waals surface area contributed by atoms with Gasteiger partial charge in [-0.25, -0.2) is 4.90 Å². The molecule has 0 unspecified atom stereocenters. The molecule has 13 heavy (non-hydrogen) atoms. The maximum absolute atomic E-state index is 11.2. The average molecular weight is 185 g/mol. The summed E-state index contributed by atoms with van der Waals surface area (Å²) in [7, 11) is 0. The number of rotatable bonds is 3. The molecule has 0 aromatic rings. The zero-order valence-electron chi connectivity index (χ0n) is 8.29. The molecule has 0 aromatic heterocycles. The number of hydrogen-bond donors (Lipinski definition) is 0. The fourth-order valence-corrected chi connectivity index (χ4v) is 0.892. The Labute approximate surface area is 77.9 Å². The van der Waals surface area contributed by atoms with Crippen molar-refractivity contribution in [1.82, 2.24) is 4.90 Å². The van der Waals surface area contributed by atoms with E-state index in [1.54, 1.807) is 20.8 Å². The lowest BCUT2D eigenvalue weighted by molar-refractivity contribution is -0.153. The maximum atomic E-state index is 11.2. The summed E-state index contributed by atoms with van der Waals surface area (Å²) in [6.45, 7) is 4.88. The normalized spacial score (nSPS) is 9.46. The summed E-state index contributed by atoms with van der Waals surface area (Å²) in [5, 5.41) is 0. The van der Waals surface area contributed by atoms with Gasteiger partial charge in [-0.1, -0.05) is 20.8 Å². The predicted molar refractivity (Wildman–Crippen MR) is 47.7 cm³/mol. The van der Waals surface area contributed by atoms with E-state index >= 15 is 0 Å². The van der Waals surface area contributed by atoms with Crippen LogP contribution in [0.5, 0.6) is 0 Å². The van der Waals surface area contributed by atoms with E-state index in [4.69, 9.17) is 0 Å². The zero-order chi connectivity index (χ0) is 10.4. The Morgan fingerprint density at radius 3 is 1.15 bits per heavy atom. The number of amides is 3. The van der Waals surface area contributed by atoms with Gasteiger partial charge in [0.15, 0.2) is 0 Å². The van der Waals surface area contributed by atoms with Crippen LogP contribution in [0, 0.1) is 0 Å². The molecule has 0 heterocycles. The first-order valence-electron chi connectivity index (χ1n) is 4.47. The van der Waals surface area contributed by atoms with Gasteiger partial charge >= 0.3 is 0 Å². The van der Waals surface area contributed by atoms with Crippen molar-refractivity contribution in [2.75, 3.05) is 0 Å². The molecule has 0 fully saturated rings. The van der Waals surface area contributed by atoms with Gasteiger partial charge in [0.1, 0.15) is 0 Å². The van der Waals surface area contributed by atoms with E-state index in [-0.39, 0.29) is 19.3 Å². The third-order valence-electron chi connectivity index (χ3n) is 1.66. The summed E-state index contributed by atoms with van der Waals surface area (Å²) in [6, 6.07) is 0. The van der Waals surface area contributed by atoms with Crippen LogP contribution in [-0.2, 0) is 14.4 Å². The second-order valence-corrected chi connectivity index (χ2v) is 2.58. The maximum Gasteiger partial charge on any atom is 0.235 e. The Kier molecular flexibility index (Phi) is 4.96. The molecule has 0 aliphatic heterocycles. The third kappa shape index (κ3) is 2.97. The number of carbonyl (C=O) groups is 3. The molecule has 0 aliphatic rings. The van der Waals surface area contributed by atoms with Gasteiger partial charge in [-0.2, -0.15) is 0 Å². The van der Waals surface area contributed by atoms with Crippen LogP contribution in [0.25, 0.3) is 0 Å². The average Bonchev–Trinajstić information content (AvgIpc) is 2.16. The van der Waals surface area contributed by atoms with E-state index in [1.807, 2.05) is 0 Å². The van der Waals surface area contributed by atoms with Crippen LogP contribution < -0.4 is 0 Å². The minimum atomic E-state index is -0.418. The lowest BCUT2D eigenvalue weighted by Crippen LogP contribution is -2.40. The lowest BCUT2D eigenvalue weighted by Gasteiger charge is -2.16. The quantitative estimate of drug-likeness (QED) is 0.661. The first-order chi connectivity index (χ1) is 6.08. The van der Waals surface area contributed by atoms with Gasteiger partial charge in [0, 0.05) is 19.3 Å². The SMILES string of the molecule is CCC(=O)N(C(=O)CC)C(=O)CC. The van der Waals surface area contributed by atoms with Crippen molar-refractivity contribution in [3.63, 3.8) is 0 Å². The van der Waals surface area contributed by atoms with Crippen molar-refractivity contribution in [3.05, 3.63) is 0 Å². The molecule has 0 atom stereocenters. The molecule has 0 spiro atoms. The van der Waals surface area contributed by atoms with Gasteiger partial charge in [0.25, 0.3) is 0 Å². The van der Waals surface area contributed by atoms with Gasteiger partial charge < -0.3 is 0 Å². The topological polar surface area (TPSA) is 54.5 Å². The van der Waals surface area contributed by atoms with Crippen molar-refractivity contribution in [3.8, 4) is 0 Å². The highest BCUT2D eigenvalue weighted by atomic mass is 16.2. The van der Waals surface area contributed by atoms with Gasteiger partial charge in [-0.15, -0.1) is 0 Å². The molecule has 0 aromatic carbocycles. The Morgan fingerprint density at radius 2 is 1.00 bits per heavy atom. The summed E-state index contributed by atoms with van der Waals surface area (Å²) in [5.41, 5.74) is 0. The molecule has 4 heteroatoms. The molecule has 0 aliphatic carbocycles. The largest absolute Gasteiger partial charge is 0.274 e. The van der Waals surface area contributed by atoms with E-state index < -0.39 is 17.7 Å². The molecule has 0 saturated heterocycles.